The molecule has 4 heteroatoms. The lowest BCUT2D eigenvalue weighted by Crippen LogP contribution is -2.40. The van der Waals surface area contributed by atoms with Gasteiger partial charge in [0.2, 0.25) is 11.8 Å². The van der Waals surface area contributed by atoms with Gasteiger partial charge < -0.3 is 10.2 Å². The number of benzene rings is 1. The molecule has 1 N–H and O–H groups in total. The maximum Gasteiger partial charge on any atom is 0.225 e. The molecule has 3 rings (SSSR count). The topological polar surface area (TPSA) is 49.4 Å². The third-order valence-electron chi connectivity index (χ3n) is 5.60. The largest absolute Gasteiger partial charge is 0.356 e. The Bertz CT molecular complexity index is 581. The summed E-state index contributed by atoms with van der Waals surface area (Å²) < 4.78 is 0. The summed E-state index contributed by atoms with van der Waals surface area (Å²) in [5.74, 6) is 0.437. The lowest BCUT2D eigenvalue weighted by atomic mass is 9.94. The minimum atomic E-state index is -0.168. The SMILES string of the molecule is CC(CNC(=O)C1CC(=O)N(C2CCCCC2)C1)Cc1ccccc1. The van der Waals surface area contributed by atoms with Crippen molar-refractivity contribution in [3.05, 3.63) is 35.9 Å². The molecule has 1 saturated carbocycles. The predicted octanol–water partition coefficient (Wildman–Crippen LogP) is 3.16. The number of hydrogen-bond acceptors (Lipinski definition) is 2. The minimum Gasteiger partial charge on any atom is -0.356 e. The van der Waals surface area contributed by atoms with E-state index in [2.05, 4.69) is 24.4 Å². The highest BCUT2D eigenvalue weighted by Crippen LogP contribution is 2.28. The standard InChI is InChI=1S/C21H30N2O2/c1-16(12-17-8-4-2-5-9-17)14-22-21(25)18-13-20(24)23(15-18)19-10-6-3-7-11-19/h2,4-5,8-9,16,18-19H,3,6-7,10-15H2,1H3,(H,22,25). The predicted molar refractivity (Wildman–Crippen MR) is 99.0 cm³/mol. The molecule has 0 radical (unpaired) electrons. The molecule has 2 aliphatic rings. The average Bonchev–Trinajstić information content (AvgIpc) is 3.03. The van der Waals surface area contributed by atoms with Crippen LogP contribution in [0.2, 0.25) is 0 Å². The van der Waals surface area contributed by atoms with Gasteiger partial charge in [-0.15, -0.1) is 0 Å². The highest BCUT2D eigenvalue weighted by molar-refractivity contribution is 5.89. The van der Waals surface area contributed by atoms with Crippen molar-refractivity contribution in [2.24, 2.45) is 11.8 Å². The van der Waals surface area contributed by atoms with E-state index in [-0.39, 0.29) is 17.7 Å². The van der Waals surface area contributed by atoms with Crippen LogP contribution in [0.1, 0.15) is 51.0 Å². The molecule has 1 aliphatic carbocycles. The van der Waals surface area contributed by atoms with Gasteiger partial charge in [-0.3, -0.25) is 9.59 Å². The molecular weight excluding hydrogens is 312 g/mol. The van der Waals surface area contributed by atoms with Crippen LogP contribution in [0.25, 0.3) is 0 Å². The number of likely N-dealkylation sites (tertiary alicyclic amines) is 1. The van der Waals surface area contributed by atoms with Crippen molar-refractivity contribution in [1.29, 1.82) is 0 Å². The summed E-state index contributed by atoms with van der Waals surface area (Å²) in [6.07, 6.45) is 7.25. The van der Waals surface area contributed by atoms with Gasteiger partial charge in [0.15, 0.2) is 0 Å². The van der Waals surface area contributed by atoms with Crippen LogP contribution in [-0.4, -0.2) is 35.8 Å². The molecule has 1 saturated heterocycles. The van der Waals surface area contributed by atoms with E-state index in [4.69, 9.17) is 0 Å². The Kier molecular flexibility index (Phi) is 6.11. The second-order valence-electron chi connectivity index (χ2n) is 7.78. The van der Waals surface area contributed by atoms with Gasteiger partial charge in [0, 0.05) is 25.6 Å². The van der Waals surface area contributed by atoms with E-state index < -0.39 is 0 Å². The molecular formula is C21H30N2O2. The zero-order valence-corrected chi connectivity index (χ0v) is 15.2. The van der Waals surface area contributed by atoms with E-state index in [0.717, 1.165) is 19.3 Å². The Labute approximate surface area is 151 Å². The Morgan fingerprint density at radius 1 is 1.20 bits per heavy atom. The van der Waals surface area contributed by atoms with Gasteiger partial charge in [-0.1, -0.05) is 56.5 Å². The number of carbonyl (C=O) groups excluding carboxylic acids is 2. The maximum atomic E-state index is 12.5. The number of hydrogen-bond donors (Lipinski definition) is 1. The first-order valence-electron chi connectivity index (χ1n) is 9.74. The number of amides is 2. The van der Waals surface area contributed by atoms with Crippen LogP contribution in [0.4, 0.5) is 0 Å². The molecule has 1 aliphatic heterocycles. The van der Waals surface area contributed by atoms with Crippen LogP contribution in [0.15, 0.2) is 30.3 Å². The average molecular weight is 342 g/mol. The Hall–Kier alpha value is -1.84. The van der Waals surface area contributed by atoms with Crippen molar-refractivity contribution in [2.45, 2.75) is 57.9 Å². The summed E-state index contributed by atoms with van der Waals surface area (Å²) in [6, 6.07) is 10.7. The van der Waals surface area contributed by atoms with E-state index in [9.17, 15) is 9.59 Å². The number of carbonyl (C=O) groups is 2. The summed E-state index contributed by atoms with van der Waals surface area (Å²) >= 11 is 0. The summed E-state index contributed by atoms with van der Waals surface area (Å²) in [6.45, 7) is 3.44. The van der Waals surface area contributed by atoms with Crippen LogP contribution >= 0.6 is 0 Å². The zero-order chi connectivity index (χ0) is 17.6. The Morgan fingerprint density at radius 2 is 1.92 bits per heavy atom. The first kappa shape index (κ1) is 18.0. The number of nitrogens with one attached hydrogen (secondary N) is 1. The first-order chi connectivity index (χ1) is 12.1. The van der Waals surface area contributed by atoms with Crippen molar-refractivity contribution in [3.63, 3.8) is 0 Å². The molecule has 1 aromatic rings. The van der Waals surface area contributed by atoms with E-state index in [0.29, 0.717) is 31.5 Å². The lowest BCUT2D eigenvalue weighted by molar-refractivity contribution is -0.130. The molecule has 0 aromatic heterocycles. The quantitative estimate of drug-likeness (QED) is 0.863. The van der Waals surface area contributed by atoms with Crippen LogP contribution in [-0.2, 0) is 16.0 Å². The monoisotopic (exact) mass is 342 g/mol. The molecule has 0 spiro atoms. The fraction of sp³-hybridized carbons (Fsp3) is 0.619. The van der Waals surface area contributed by atoms with Crippen molar-refractivity contribution in [1.82, 2.24) is 10.2 Å². The molecule has 1 aromatic carbocycles. The van der Waals surface area contributed by atoms with E-state index in [1.54, 1.807) is 0 Å². The normalized spacial score (nSPS) is 22.8. The Morgan fingerprint density at radius 3 is 2.64 bits per heavy atom. The fourth-order valence-corrected chi connectivity index (χ4v) is 4.16. The second-order valence-corrected chi connectivity index (χ2v) is 7.78. The lowest BCUT2D eigenvalue weighted by Gasteiger charge is -2.31. The summed E-state index contributed by atoms with van der Waals surface area (Å²) in [5.41, 5.74) is 1.30. The van der Waals surface area contributed by atoms with Crippen LogP contribution < -0.4 is 5.32 Å². The third-order valence-corrected chi connectivity index (χ3v) is 5.60. The molecule has 136 valence electrons. The number of nitrogens with zero attached hydrogens (tertiary/aromatic N) is 1. The molecule has 2 amide bonds. The summed E-state index contributed by atoms with van der Waals surface area (Å²) in [5, 5.41) is 3.07. The molecule has 2 atom stereocenters. The second kappa shape index (κ2) is 8.50. The van der Waals surface area contributed by atoms with Gasteiger partial charge in [-0.25, -0.2) is 0 Å². The number of rotatable bonds is 6. The third kappa shape index (κ3) is 4.83. The van der Waals surface area contributed by atoms with E-state index in [1.807, 2.05) is 23.1 Å². The maximum absolute atomic E-state index is 12.5. The smallest absolute Gasteiger partial charge is 0.225 e. The molecule has 4 nitrogen and oxygen atoms in total. The Balaban J connectivity index is 1.44. The first-order valence-corrected chi connectivity index (χ1v) is 9.74. The van der Waals surface area contributed by atoms with Crippen molar-refractivity contribution in [3.8, 4) is 0 Å². The highest BCUT2D eigenvalue weighted by atomic mass is 16.2. The van der Waals surface area contributed by atoms with Gasteiger partial charge >= 0.3 is 0 Å². The van der Waals surface area contributed by atoms with E-state index in [1.165, 1.54) is 24.8 Å². The molecule has 2 fully saturated rings. The van der Waals surface area contributed by atoms with Crippen LogP contribution in [0.5, 0.6) is 0 Å². The van der Waals surface area contributed by atoms with Crippen molar-refractivity contribution >= 4 is 11.8 Å². The summed E-state index contributed by atoms with van der Waals surface area (Å²) in [7, 11) is 0. The van der Waals surface area contributed by atoms with Gasteiger partial charge in [0.25, 0.3) is 0 Å². The van der Waals surface area contributed by atoms with Crippen LogP contribution in [0, 0.1) is 11.8 Å². The highest BCUT2D eigenvalue weighted by Gasteiger charge is 2.38. The molecule has 25 heavy (non-hydrogen) atoms. The van der Waals surface area contributed by atoms with Crippen LogP contribution in [0.3, 0.4) is 0 Å². The van der Waals surface area contributed by atoms with Gasteiger partial charge in [-0.05, 0) is 30.7 Å². The van der Waals surface area contributed by atoms with Gasteiger partial charge in [0.1, 0.15) is 0 Å². The minimum absolute atomic E-state index is 0.0478. The van der Waals surface area contributed by atoms with E-state index >= 15 is 0 Å². The van der Waals surface area contributed by atoms with Gasteiger partial charge in [0.05, 0.1) is 5.92 Å². The molecule has 0 bridgehead atoms. The summed E-state index contributed by atoms with van der Waals surface area (Å²) in [4.78, 5) is 26.8. The zero-order valence-electron chi connectivity index (χ0n) is 15.2. The molecule has 1 heterocycles. The molecule has 2 unspecified atom stereocenters. The van der Waals surface area contributed by atoms with Crippen molar-refractivity contribution in [2.75, 3.05) is 13.1 Å². The van der Waals surface area contributed by atoms with Gasteiger partial charge in [-0.2, -0.15) is 0 Å². The fourth-order valence-electron chi connectivity index (χ4n) is 4.16. The van der Waals surface area contributed by atoms with Crippen molar-refractivity contribution < 1.29 is 9.59 Å².